The van der Waals surface area contributed by atoms with Gasteiger partial charge in [0.15, 0.2) is 5.75 Å². The molecule has 0 atom stereocenters. The molecule has 4 aromatic rings. The molecule has 0 aliphatic rings. The van der Waals surface area contributed by atoms with E-state index in [0.29, 0.717) is 28.0 Å². The van der Waals surface area contributed by atoms with Crippen molar-refractivity contribution in [3.8, 4) is 22.9 Å². The number of aromatic nitrogens is 4. The molecule has 1 N–H and O–H groups in total. The van der Waals surface area contributed by atoms with Crippen LogP contribution in [0, 0.1) is 0 Å². The molecule has 0 radical (unpaired) electrons. The highest BCUT2D eigenvalue weighted by Gasteiger charge is 2.30. The van der Waals surface area contributed by atoms with Gasteiger partial charge in [0.25, 0.3) is 5.56 Å². The highest BCUT2D eigenvalue weighted by Crippen LogP contribution is 2.31. The number of nitrogens with one attached hydrogen (secondary N) is 1. The summed E-state index contributed by atoms with van der Waals surface area (Å²) >= 11 is 0. The summed E-state index contributed by atoms with van der Waals surface area (Å²) in [6.45, 7) is 0. The summed E-state index contributed by atoms with van der Waals surface area (Å²) in [6, 6.07) is 11.2. The second-order valence-corrected chi connectivity index (χ2v) is 5.82. The molecule has 2 aromatic carbocycles. The Bertz CT molecular complexity index is 1200. The van der Waals surface area contributed by atoms with Crippen LogP contribution in [0.5, 0.6) is 11.6 Å². The smallest absolute Gasteiger partial charge is 0.416 e. The molecule has 0 aliphatic heterocycles. The number of benzene rings is 2. The van der Waals surface area contributed by atoms with Gasteiger partial charge in [-0.05, 0) is 24.3 Å². The molecule has 2 heterocycles. The molecule has 0 aliphatic carbocycles. The van der Waals surface area contributed by atoms with E-state index in [2.05, 4.69) is 19.9 Å². The molecule has 0 amide bonds. The summed E-state index contributed by atoms with van der Waals surface area (Å²) in [4.78, 5) is 26.2. The molecule has 28 heavy (non-hydrogen) atoms. The monoisotopic (exact) mass is 384 g/mol. The van der Waals surface area contributed by atoms with Gasteiger partial charge in [0.2, 0.25) is 5.88 Å². The van der Waals surface area contributed by atoms with Crippen molar-refractivity contribution in [3.63, 3.8) is 0 Å². The fourth-order valence-corrected chi connectivity index (χ4v) is 2.62. The van der Waals surface area contributed by atoms with E-state index in [0.717, 1.165) is 18.3 Å². The first kappa shape index (κ1) is 17.7. The van der Waals surface area contributed by atoms with Gasteiger partial charge in [-0.2, -0.15) is 13.2 Å². The first-order valence-electron chi connectivity index (χ1n) is 8.06. The summed E-state index contributed by atoms with van der Waals surface area (Å²) in [5.41, 5.74) is 0.758. The molecule has 0 bridgehead atoms. The van der Waals surface area contributed by atoms with E-state index in [-0.39, 0.29) is 11.4 Å². The number of halogens is 3. The van der Waals surface area contributed by atoms with Crippen molar-refractivity contribution in [2.45, 2.75) is 6.18 Å². The molecule has 0 saturated carbocycles. The van der Waals surface area contributed by atoms with Gasteiger partial charge in [-0.25, -0.2) is 15.0 Å². The standard InChI is InChI=1S/C19H11F3N4O2/c20-19(21,22)12-6-4-11(5-7-12)14-8-17(25-10-24-14)28-15-3-1-2-13-18(15)23-9-16(27)26-13/h1-10H,(H,26,27). The lowest BCUT2D eigenvalue weighted by Crippen LogP contribution is -2.05. The zero-order chi connectivity index (χ0) is 19.7. The molecule has 2 aromatic heterocycles. The second-order valence-electron chi connectivity index (χ2n) is 5.82. The number of hydrogen-bond donors (Lipinski definition) is 1. The maximum absolute atomic E-state index is 12.7. The topological polar surface area (TPSA) is 80.8 Å². The molecule has 0 fully saturated rings. The molecular weight excluding hydrogens is 373 g/mol. The van der Waals surface area contributed by atoms with Crippen molar-refractivity contribution < 1.29 is 17.9 Å². The number of nitrogens with zero attached hydrogens (tertiary/aromatic N) is 3. The van der Waals surface area contributed by atoms with Crippen LogP contribution in [0.4, 0.5) is 13.2 Å². The third kappa shape index (κ3) is 3.54. The Balaban J connectivity index is 1.66. The van der Waals surface area contributed by atoms with Crippen LogP contribution in [0.15, 0.2) is 65.8 Å². The molecule has 4 rings (SSSR count). The zero-order valence-corrected chi connectivity index (χ0v) is 14.1. The number of H-pyrrole nitrogens is 1. The van der Waals surface area contributed by atoms with Crippen LogP contribution < -0.4 is 10.3 Å². The summed E-state index contributed by atoms with van der Waals surface area (Å²) in [5.74, 6) is 0.552. The van der Waals surface area contributed by atoms with Crippen molar-refractivity contribution in [1.29, 1.82) is 0 Å². The quantitative estimate of drug-likeness (QED) is 0.573. The maximum atomic E-state index is 12.7. The van der Waals surface area contributed by atoms with E-state index in [1.165, 1.54) is 24.5 Å². The minimum atomic E-state index is -4.40. The average Bonchev–Trinajstić information content (AvgIpc) is 2.68. The van der Waals surface area contributed by atoms with Gasteiger partial charge < -0.3 is 9.72 Å². The number of para-hydroxylation sites is 1. The van der Waals surface area contributed by atoms with Crippen LogP contribution in [-0.2, 0) is 6.18 Å². The average molecular weight is 384 g/mol. The Kier molecular flexibility index (Phi) is 4.26. The van der Waals surface area contributed by atoms with E-state index in [4.69, 9.17) is 4.74 Å². The number of aromatic amines is 1. The van der Waals surface area contributed by atoms with Gasteiger partial charge in [0.05, 0.1) is 23.0 Å². The van der Waals surface area contributed by atoms with Gasteiger partial charge in [0, 0.05) is 11.6 Å². The first-order valence-corrected chi connectivity index (χ1v) is 8.06. The third-order valence-electron chi connectivity index (χ3n) is 3.93. The van der Waals surface area contributed by atoms with Crippen molar-refractivity contribution in [1.82, 2.24) is 19.9 Å². The molecule has 140 valence electrons. The second kappa shape index (κ2) is 6.76. The lowest BCUT2D eigenvalue weighted by Gasteiger charge is -2.09. The predicted molar refractivity (Wildman–Crippen MR) is 94.9 cm³/mol. The van der Waals surface area contributed by atoms with Crippen LogP contribution in [-0.4, -0.2) is 19.9 Å². The summed E-state index contributed by atoms with van der Waals surface area (Å²) in [7, 11) is 0. The minimum Gasteiger partial charge on any atom is -0.437 e. The number of alkyl halides is 3. The maximum Gasteiger partial charge on any atom is 0.416 e. The molecule has 6 nitrogen and oxygen atoms in total. The lowest BCUT2D eigenvalue weighted by atomic mass is 10.1. The summed E-state index contributed by atoms with van der Waals surface area (Å²) in [5, 5.41) is 0. The summed E-state index contributed by atoms with van der Waals surface area (Å²) in [6.07, 6.45) is -2.01. The van der Waals surface area contributed by atoms with E-state index < -0.39 is 11.7 Å². The van der Waals surface area contributed by atoms with Crippen LogP contribution in [0.25, 0.3) is 22.3 Å². The van der Waals surface area contributed by atoms with Gasteiger partial charge >= 0.3 is 6.18 Å². The fraction of sp³-hybridized carbons (Fsp3) is 0.0526. The molecular formula is C19H11F3N4O2. The number of fused-ring (bicyclic) bond motifs is 1. The van der Waals surface area contributed by atoms with E-state index in [9.17, 15) is 18.0 Å². The van der Waals surface area contributed by atoms with Crippen molar-refractivity contribution in [2.75, 3.05) is 0 Å². The van der Waals surface area contributed by atoms with Gasteiger partial charge in [0.1, 0.15) is 11.8 Å². The largest absolute Gasteiger partial charge is 0.437 e. The predicted octanol–water partition coefficient (Wildman–Crippen LogP) is 4.19. The molecule has 0 unspecified atom stereocenters. The van der Waals surface area contributed by atoms with Crippen molar-refractivity contribution in [2.24, 2.45) is 0 Å². The minimum absolute atomic E-state index is 0.186. The molecule has 0 saturated heterocycles. The Hall–Kier alpha value is -3.75. The highest BCUT2D eigenvalue weighted by atomic mass is 19.4. The molecule has 9 heteroatoms. The Morgan fingerprint density at radius 3 is 2.50 bits per heavy atom. The van der Waals surface area contributed by atoms with Crippen LogP contribution >= 0.6 is 0 Å². The van der Waals surface area contributed by atoms with Crippen LogP contribution in [0.2, 0.25) is 0 Å². The SMILES string of the molecule is O=c1cnc2c(Oc3cc(-c4ccc(C(F)(F)F)cc4)ncn3)cccc2[nH]1. The first-order chi connectivity index (χ1) is 13.4. The normalized spacial score (nSPS) is 11.5. The Labute approximate surface area is 155 Å². The Morgan fingerprint density at radius 2 is 1.75 bits per heavy atom. The third-order valence-corrected chi connectivity index (χ3v) is 3.93. The van der Waals surface area contributed by atoms with Crippen LogP contribution in [0.3, 0.4) is 0 Å². The van der Waals surface area contributed by atoms with Crippen molar-refractivity contribution >= 4 is 11.0 Å². The summed E-state index contributed by atoms with van der Waals surface area (Å²) < 4.78 is 43.9. The van der Waals surface area contributed by atoms with Crippen molar-refractivity contribution in [3.05, 3.63) is 77.0 Å². The number of rotatable bonds is 3. The fourth-order valence-electron chi connectivity index (χ4n) is 2.62. The van der Waals surface area contributed by atoms with E-state index in [1.54, 1.807) is 18.2 Å². The number of ether oxygens (including phenoxy) is 1. The Morgan fingerprint density at radius 1 is 0.964 bits per heavy atom. The van der Waals surface area contributed by atoms with Gasteiger partial charge in [-0.15, -0.1) is 0 Å². The van der Waals surface area contributed by atoms with Gasteiger partial charge in [-0.3, -0.25) is 4.79 Å². The lowest BCUT2D eigenvalue weighted by molar-refractivity contribution is -0.137. The van der Waals surface area contributed by atoms with Gasteiger partial charge in [-0.1, -0.05) is 18.2 Å². The highest BCUT2D eigenvalue weighted by molar-refractivity contribution is 5.80. The zero-order valence-electron chi connectivity index (χ0n) is 14.1. The molecule has 0 spiro atoms. The van der Waals surface area contributed by atoms with E-state index in [1.807, 2.05) is 0 Å². The number of hydrogen-bond acceptors (Lipinski definition) is 5. The van der Waals surface area contributed by atoms with E-state index >= 15 is 0 Å². The van der Waals surface area contributed by atoms with Crippen LogP contribution in [0.1, 0.15) is 5.56 Å².